The molecule has 2 aromatic rings. The molecule has 0 saturated heterocycles. The van der Waals surface area contributed by atoms with E-state index in [1.54, 1.807) is 6.92 Å². The molecule has 86 valence electrons. The van der Waals surface area contributed by atoms with Crippen molar-refractivity contribution in [2.45, 2.75) is 13.8 Å². The Hall–Kier alpha value is -2.23. The first-order valence-electron chi connectivity index (χ1n) is 5.32. The molecule has 0 aliphatic rings. The Morgan fingerprint density at radius 3 is 2.71 bits per heavy atom. The molecule has 0 spiro atoms. The molecule has 0 unspecified atom stereocenters. The minimum absolute atomic E-state index is 0.183. The molecule has 0 radical (unpaired) electrons. The van der Waals surface area contributed by atoms with Gasteiger partial charge in [0.05, 0.1) is 11.3 Å². The molecular formula is C13H13N3O. The molecule has 0 aliphatic heterocycles. The molecule has 1 heterocycles. The lowest BCUT2D eigenvalue weighted by Crippen LogP contribution is -2.15. The molecule has 1 aromatic carbocycles. The maximum absolute atomic E-state index is 12.0. The Morgan fingerprint density at radius 1 is 1.24 bits per heavy atom. The minimum Gasteiger partial charge on any atom is -0.322 e. The fourth-order valence-corrected chi connectivity index (χ4v) is 1.52. The average molecular weight is 227 g/mol. The van der Waals surface area contributed by atoms with Crippen LogP contribution in [0.4, 0.5) is 5.69 Å². The van der Waals surface area contributed by atoms with Crippen molar-refractivity contribution in [1.29, 1.82) is 0 Å². The van der Waals surface area contributed by atoms with Crippen molar-refractivity contribution in [2.24, 2.45) is 0 Å². The summed E-state index contributed by atoms with van der Waals surface area (Å²) >= 11 is 0. The van der Waals surface area contributed by atoms with E-state index in [9.17, 15) is 4.79 Å². The Morgan fingerprint density at radius 2 is 2.00 bits per heavy atom. The van der Waals surface area contributed by atoms with Gasteiger partial charge >= 0.3 is 0 Å². The summed E-state index contributed by atoms with van der Waals surface area (Å²) in [6.07, 6.45) is 2.95. The third-order valence-electron chi connectivity index (χ3n) is 2.55. The predicted octanol–water partition coefficient (Wildman–Crippen LogP) is 2.35. The highest BCUT2D eigenvalue weighted by atomic mass is 16.1. The zero-order valence-corrected chi connectivity index (χ0v) is 9.77. The van der Waals surface area contributed by atoms with Crippen LogP contribution in [-0.4, -0.2) is 15.9 Å². The molecule has 0 fully saturated rings. The van der Waals surface area contributed by atoms with E-state index in [2.05, 4.69) is 15.3 Å². The molecule has 1 amide bonds. The van der Waals surface area contributed by atoms with E-state index in [4.69, 9.17) is 0 Å². The van der Waals surface area contributed by atoms with E-state index in [1.807, 2.05) is 31.2 Å². The summed E-state index contributed by atoms with van der Waals surface area (Å²) in [4.78, 5) is 19.8. The molecule has 17 heavy (non-hydrogen) atoms. The number of rotatable bonds is 2. The van der Waals surface area contributed by atoms with Crippen LogP contribution in [0.5, 0.6) is 0 Å². The minimum atomic E-state index is -0.183. The number of amides is 1. The number of carbonyl (C=O) groups is 1. The second-order valence-electron chi connectivity index (χ2n) is 3.79. The molecule has 0 saturated carbocycles. The lowest BCUT2D eigenvalue weighted by atomic mass is 10.2. The Labute approximate surface area is 99.7 Å². The summed E-state index contributed by atoms with van der Waals surface area (Å²) in [7, 11) is 0. The SMILES string of the molecule is Cc1ccccc1NC(=O)c1cncnc1C. The number of aromatic nitrogens is 2. The number of nitrogens with one attached hydrogen (secondary N) is 1. The maximum atomic E-state index is 12.0. The Bertz CT molecular complexity index is 552. The van der Waals surface area contributed by atoms with Gasteiger partial charge < -0.3 is 5.32 Å². The van der Waals surface area contributed by atoms with Gasteiger partial charge in [-0.15, -0.1) is 0 Å². The second kappa shape index (κ2) is 4.74. The van der Waals surface area contributed by atoms with Gasteiger partial charge in [-0.25, -0.2) is 9.97 Å². The molecule has 1 N–H and O–H groups in total. The standard InChI is InChI=1S/C13H13N3O/c1-9-5-3-4-6-12(9)16-13(17)11-7-14-8-15-10(11)2/h3-8H,1-2H3,(H,16,17). The summed E-state index contributed by atoms with van der Waals surface area (Å²) in [5, 5.41) is 2.85. The van der Waals surface area contributed by atoms with Gasteiger partial charge in [0, 0.05) is 11.9 Å². The quantitative estimate of drug-likeness (QED) is 0.856. The molecule has 4 heteroatoms. The Kier molecular flexibility index (Phi) is 3.14. The van der Waals surface area contributed by atoms with Gasteiger partial charge in [-0.05, 0) is 25.5 Å². The van der Waals surface area contributed by atoms with E-state index in [0.717, 1.165) is 11.3 Å². The van der Waals surface area contributed by atoms with Crippen molar-refractivity contribution in [3.05, 3.63) is 53.6 Å². The number of anilines is 1. The lowest BCUT2D eigenvalue weighted by molar-refractivity contribution is 0.102. The normalized spacial score (nSPS) is 10.0. The molecule has 0 aliphatic carbocycles. The molecule has 1 aromatic heterocycles. The van der Waals surface area contributed by atoms with Gasteiger partial charge in [-0.1, -0.05) is 18.2 Å². The highest BCUT2D eigenvalue weighted by Crippen LogP contribution is 2.14. The number of para-hydroxylation sites is 1. The topological polar surface area (TPSA) is 54.9 Å². The summed E-state index contributed by atoms with van der Waals surface area (Å²) in [6, 6.07) is 7.63. The zero-order valence-electron chi connectivity index (χ0n) is 9.77. The average Bonchev–Trinajstić information content (AvgIpc) is 2.32. The fourth-order valence-electron chi connectivity index (χ4n) is 1.52. The predicted molar refractivity (Wildman–Crippen MR) is 65.9 cm³/mol. The monoisotopic (exact) mass is 227 g/mol. The van der Waals surface area contributed by atoms with E-state index < -0.39 is 0 Å². The molecule has 4 nitrogen and oxygen atoms in total. The highest BCUT2D eigenvalue weighted by Gasteiger charge is 2.10. The van der Waals surface area contributed by atoms with Crippen LogP contribution in [0.2, 0.25) is 0 Å². The number of nitrogens with zero attached hydrogens (tertiary/aromatic N) is 2. The first-order valence-corrected chi connectivity index (χ1v) is 5.32. The van der Waals surface area contributed by atoms with Gasteiger partial charge in [0.1, 0.15) is 6.33 Å². The van der Waals surface area contributed by atoms with Crippen LogP contribution < -0.4 is 5.32 Å². The number of hydrogen-bond donors (Lipinski definition) is 1. The maximum Gasteiger partial charge on any atom is 0.259 e. The second-order valence-corrected chi connectivity index (χ2v) is 3.79. The molecule has 2 rings (SSSR count). The molecule has 0 bridgehead atoms. The number of benzene rings is 1. The van der Waals surface area contributed by atoms with Crippen LogP contribution in [0.15, 0.2) is 36.8 Å². The lowest BCUT2D eigenvalue weighted by Gasteiger charge is -2.08. The first-order chi connectivity index (χ1) is 8.18. The van der Waals surface area contributed by atoms with Crippen LogP contribution in [0.3, 0.4) is 0 Å². The van der Waals surface area contributed by atoms with Crippen molar-refractivity contribution < 1.29 is 4.79 Å². The summed E-state index contributed by atoms with van der Waals surface area (Å²) in [5.41, 5.74) is 3.00. The third kappa shape index (κ3) is 2.47. The van der Waals surface area contributed by atoms with Crippen LogP contribution in [0.1, 0.15) is 21.6 Å². The zero-order chi connectivity index (χ0) is 12.3. The fraction of sp³-hybridized carbons (Fsp3) is 0.154. The van der Waals surface area contributed by atoms with Gasteiger partial charge in [-0.3, -0.25) is 4.79 Å². The molecule has 0 atom stereocenters. The molecular weight excluding hydrogens is 214 g/mol. The van der Waals surface area contributed by atoms with Crippen LogP contribution in [0, 0.1) is 13.8 Å². The van der Waals surface area contributed by atoms with E-state index >= 15 is 0 Å². The summed E-state index contributed by atoms with van der Waals surface area (Å²) in [6.45, 7) is 3.73. The number of aryl methyl sites for hydroxylation is 2. The Balaban J connectivity index is 2.24. The van der Waals surface area contributed by atoms with Crippen LogP contribution in [0.25, 0.3) is 0 Å². The largest absolute Gasteiger partial charge is 0.322 e. The van der Waals surface area contributed by atoms with Crippen LogP contribution >= 0.6 is 0 Å². The third-order valence-corrected chi connectivity index (χ3v) is 2.55. The van der Waals surface area contributed by atoms with Gasteiger partial charge in [0.25, 0.3) is 5.91 Å². The van der Waals surface area contributed by atoms with Crippen molar-refractivity contribution in [3.63, 3.8) is 0 Å². The van der Waals surface area contributed by atoms with Crippen molar-refractivity contribution >= 4 is 11.6 Å². The van der Waals surface area contributed by atoms with E-state index in [-0.39, 0.29) is 5.91 Å². The van der Waals surface area contributed by atoms with Crippen molar-refractivity contribution in [3.8, 4) is 0 Å². The van der Waals surface area contributed by atoms with Crippen molar-refractivity contribution in [1.82, 2.24) is 9.97 Å². The van der Waals surface area contributed by atoms with Gasteiger partial charge in [0.2, 0.25) is 0 Å². The van der Waals surface area contributed by atoms with Gasteiger partial charge in [0.15, 0.2) is 0 Å². The van der Waals surface area contributed by atoms with Crippen molar-refractivity contribution in [2.75, 3.05) is 5.32 Å². The first kappa shape index (κ1) is 11.3. The van der Waals surface area contributed by atoms with Crippen LogP contribution in [-0.2, 0) is 0 Å². The van der Waals surface area contributed by atoms with E-state index in [1.165, 1.54) is 12.5 Å². The number of carbonyl (C=O) groups excluding carboxylic acids is 1. The number of hydrogen-bond acceptors (Lipinski definition) is 3. The summed E-state index contributed by atoms with van der Waals surface area (Å²) in [5.74, 6) is -0.183. The smallest absolute Gasteiger partial charge is 0.259 e. The van der Waals surface area contributed by atoms with Gasteiger partial charge in [-0.2, -0.15) is 0 Å². The highest BCUT2D eigenvalue weighted by molar-refractivity contribution is 6.05. The summed E-state index contributed by atoms with van der Waals surface area (Å²) < 4.78 is 0. The van der Waals surface area contributed by atoms with E-state index in [0.29, 0.717) is 11.3 Å².